The third-order valence-corrected chi connectivity index (χ3v) is 4.44. The predicted molar refractivity (Wildman–Crippen MR) is 91.1 cm³/mol. The Hall–Kier alpha value is -2.28. The number of carbonyl (C=O) groups excluding carboxylic acids is 1. The van der Waals surface area contributed by atoms with Gasteiger partial charge in [-0.15, -0.1) is 5.10 Å². The van der Waals surface area contributed by atoms with Gasteiger partial charge in [0.2, 0.25) is 5.82 Å². The lowest BCUT2D eigenvalue weighted by Crippen LogP contribution is -2.39. The van der Waals surface area contributed by atoms with E-state index < -0.39 is 0 Å². The maximum atomic E-state index is 13.5. The van der Waals surface area contributed by atoms with Crippen LogP contribution < -0.4 is 5.32 Å². The summed E-state index contributed by atoms with van der Waals surface area (Å²) in [6, 6.07) is 6.09. The minimum absolute atomic E-state index is 0.0273. The molecule has 1 fully saturated rings. The summed E-state index contributed by atoms with van der Waals surface area (Å²) < 4.78 is 15.1. The third kappa shape index (κ3) is 4.04. The van der Waals surface area contributed by atoms with Gasteiger partial charge < -0.3 is 10.4 Å². The molecule has 1 aliphatic carbocycles. The van der Waals surface area contributed by atoms with Crippen molar-refractivity contribution in [2.24, 2.45) is 0 Å². The molecule has 1 amide bonds. The van der Waals surface area contributed by atoms with Gasteiger partial charge in [-0.2, -0.15) is 0 Å². The highest BCUT2D eigenvalue weighted by Crippen LogP contribution is 2.20. The molecule has 3 rings (SSSR count). The van der Waals surface area contributed by atoms with Crippen molar-refractivity contribution in [1.82, 2.24) is 20.1 Å². The normalized spacial score (nSPS) is 20.7. The van der Waals surface area contributed by atoms with Gasteiger partial charge in [-0.25, -0.2) is 14.1 Å². The van der Waals surface area contributed by atoms with Crippen molar-refractivity contribution >= 4 is 5.91 Å². The number of aliphatic hydroxyl groups is 1. The van der Waals surface area contributed by atoms with E-state index in [-0.39, 0.29) is 35.6 Å². The summed E-state index contributed by atoms with van der Waals surface area (Å²) in [6.45, 7) is 3.90. The van der Waals surface area contributed by atoms with E-state index >= 15 is 0 Å². The van der Waals surface area contributed by atoms with Crippen LogP contribution in [0, 0.1) is 5.82 Å². The van der Waals surface area contributed by atoms with Crippen LogP contribution >= 0.6 is 0 Å². The Kier molecular flexibility index (Phi) is 5.13. The van der Waals surface area contributed by atoms with Crippen molar-refractivity contribution in [2.75, 3.05) is 0 Å². The fourth-order valence-corrected chi connectivity index (χ4v) is 3.06. The highest BCUT2D eigenvalue weighted by atomic mass is 19.1. The molecule has 7 heteroatoms. The van der Waals surface area contributed by atoms with Crippen LogP contribution in [0.15, 0.2) is 24.3 Å². The van der Waals surface area contributed by atoms with Gasteiger partial charge >= 0.3 is 0 Å². The average Bonchev–Trinajstić information content (AvgIpc) is 3.03. The van der Waals surface area contributed by atoms with Gasteiger partial charge in [-0.1, -0.05) is 19.9 Å². The maximum Gasteiger partial charge on any atom is 0.291 e. The van der Waals surface area contributed by atoms with Crippen LogP contribution in [0.1, 0.15) is 61.9 Å². The van der Waals surface area contributed by atoms with E-state index in [2.05, 4.69) is 15.4 Å². The van der Waals surface area contributed by atoms with Crippen LogP contribution in [0.4, 0.5) is 4.39 Å². The number of hydrogen-bond acceptors (Lipinski definition) is 4. The molecular formula is C18H23FN4O2. The highest BCUT2D eigenvalue weighted by molar-refractivity contribution is 5.90. The molecule has 0 bridgehead atoms. The predicted octanol–water partition coefficient (Wildman–Crippen LogP) is 2.56. The second kappa shape index (κ2) is 7.31. The molecule has 134 valence electrons. The van der Waals surface area contributed by atoms with Gasteiger partial charge in [0.15, 0.2) is 0 Å². The molecule has 1 aliphatic rings. The summed E-state index contributed by atoms with van der Waals surface area (Å²) in [5.74, 6) is 0.0176. The van der Waals surface area contributed by atoms with E-state index in [4.69, 9.17) is 0 Å². The van der Waals surface area contributed by atoms with Gasteiger partial charge in [0, 0.05) is 12.0 Å². The van der Waals surface area contributed by atoms with Crippen molar-refractivity contribution in [3.05, 3.63) is 41.7 Å². The molecule has 2 aromatic rings. The number of aromatic nitrogens is 3. The Balaban J connectivity index is 1.82. The zero-order valence-electron chi connectivity index (χ0n) is 14.4. The van der Waals surface area contributed by atoms with Crippen LogP contribution in [0.2, 0.25) is 0 Å². The molecule has 1 aromatic heterocycles. The first-order chi connectivity index (χ1) is 11.9. The summed E-state index contributed by atoms with van der Waals surface area (Å²) in [5, 5.41) is 16.8. The van der Waals surface area contributed by atoms with Gasteiger partial charge in [-0.3, -0.25) is 4.79 Å². The van der Waals surface area contributed by atoms with E-state index in [0.29, 0.717) is 24.4 Å². The number of amides is 1. The van der Waals surface area contributed by atoms with Crippen LogP contribution in [0.5, 0.6) is 0 Å². The first-order valence-corrected chi connectivity index (χ1v) is 8.66. The number of nitrogens with zero attached hydrogens (tertiary/aromatic N) is 3. The quantitative estimate of drug-likeness (QED) is 0.892. The molecule has 1 saturated carbocycles. The number of rotatable bonds is 4. The van der Waals surface area contributed by atoms with Crippen LogP contribution in [0.25, 0.3) is 5.69 Å². The number of halogens is 1. The summed E-state index contributed by atoms with van der Waals surface area (Å²) in [5.41, 5.74) is 0.538. The SMILES string of the molecule is CC(C)c1nc(C(=O)NC2CCC(O)CC2)nn1-c1cccc(F)c1. The van der Waals surface area contributed by atoms with Crippen molar-refractivity contribution < 1.29 is 14.3 Å². The Labute approximate surface area is 146 Å². The summed E-state index contributed by atoms with van der Waals surface area (Å²) >= 11 is 0. The molecule has 0 unspecified atom stereocenters. The Morgan fingerprint density at radius 1 is 1.32 bits per heavy atom. The van der Waals surface area contributed by atoms with Crippen LogP contribution in [-0.4, -0.2) is 37.9 Å². The standard InChI is InChI=1S/C18H23FN4O2/c1-11(2)17-21-16(18(25)20-13-6-8-15(24)9-7-13)22-23(17)14-5-3-4-12(19)10-14/h3-5,10-11,13,15,24H,6-9H2,1-2H3,(H,20,25). The second-order valence-electron chi connectivity index (χ2n) is 6.82. The van der Waals surface area contributed by atoms with E-state index in [9.17, 15) is 14.3 Å². The number of carbonyl (C=O) groups is 1. The molecule has 0 radical (unpaired) electrons. The van der Waals surface area contributed by atoms with Gasteiger partial charge in [0.25, 0.3) is 5.91 Å². The van der Waals surface area contributed by atoms with E-state index in [1.54, 1.807) is 12.1 Å². The molecule has 2 N–H and O–H groups in total. The number of nitrogens with one attached hydrogen (secondary N) is 1. The lowest BCUT2D eigenvalue weighted by atomic mass is 9.93. The fraction of sp³-hybridized carbons (Fsp3) is 0.500. The zero-order valence-corrected chi connectivity index (χ0v) is 14.4. The number of benzene rings is 1. The lowest BCUT2D eigenvalue weighted by molar-refractivity contribution is 0.0858. The second-order valence-corrected chi connectivity index (χ2v) is 6.82. The van der Waals surface area contributed by atoms with Crippen molar-refractivity contribution in [2.45, 2.75) is 57.6 Å². The first kappa shape index (κ1) is 17.5. The topological polar surface area (TPSA) is 80.0 Å². The molecule has 25 heavy (non-hydrogen) atoms. The largest absolute Gasteiger partial charge is 0.393 e. The average molecular weight is 346 g/mol. The molecular weight excluding hydrogens is 323 g/mol. The maximum absolute atomic E-state index is 13.5. The Morgan fingerprint density at radius 2 is 2.04 bits per heavy atom. The summed E-state index contributed by atoms with van der Waals surface area (Å²) in [7, 11) is 0. The monoisotopic (exact) mass is 346 g/mol. The lowest BCUT2D eigenvalue weighted by Gasteiger charge is -2.25. The van der Waals surface area contributed by atoms with Gasteiger partial charge in [-0.05, 0) is 43.9 Å². The van der Waals surface area contributed by atoms with E-state index in [1.165, 1.54) is 16.8 Å². The Morgan fingerprint density at radius 3 is 2.68 bits per heavy atom. The van der Waals surface area contributed by atoms with Gasteiger partial charge in [0.1, 0.15) is 11.6 Å². The molecule has 0 aliphatic heterocycles. The van der Waals surface area contributed by atoms with Crippen molar-refractivity contribution in [3.63, 3.8) is 0 Å². The minimum Gasteiger partial charge on any atom is -0.393 e. The van der Waals surface area contributed by atoms with Crippen molar-refractivity contribution in [3.8, 4) is 5.69 Å². The number of hydrogen-bond donors (Lipinski definition) is 2. The van der Waals surface area contributed by atoms with E-state index in [0.717, 1.165) is 12.8 Å². The summed E-state index contributed by atoms with van der Waals surface area (Å²) in [4.78, 5) is 16.9. The smallest absolute Gasteiger partial charge is 0.291 e. The third-order valence-electron chi connectivity index (χ3n) is 4.44. The minimum atomic E-state index is -0.366. The number of aliphatic hydroxyl groups excluding tert-OH is 1. The molecule has 1 aromatic carbocycles. The molecule has 0 spiro atoms. The molecule has 6 nitrogen and oxygen atoms in total. The van der Waals surface area contributed by atoms with Gasteiger partial charge in [0.05, 0.1) is 11.8 Å². The zero-order chi connectivity index (χ0) is 18.0. The van der Waals surface area contributed by atoms with E-state index in [1.807, 2.05) is 13.8 Å². The summed E-state index contributed by atoms with van der Waals surface area (Å²) in [6.07, 6.45) is 2.59. The first-order valence-electron chi connectivity index (χ1n) is 8.66. The molecule has 1 heterocycles. The van der Waals surface area contributed by atoms with Crippen LogP contribution in [-0.2, 0) is 0 Å². The molecule has 0 saturated heterocycles. The van der Waals surface area contributed by atoms with Crippen LogP contribution in [0.3, 0.4) is 0 Å². The van der Waals surface area contributed by atoms with Crippen molar-refractivity contribution in [1.29, 1.82) is 0 Å². The Bertz CT molecular complexity index is 751. The fourth-order valence-electron chi connectivity index (χ4n) is 3.06. The highest BCUT2D eigenvalue weighted by Gasteiger charge is 2.24. The molecule has 0 atom stereocenters.